The molecule has 0 saturated carbocycles. The van der Waals surface area contributed by atoms with Gasteiger partial charge in [-0.3, -0.25) is 14.8 Å². The molecule has 2 unspecified atom stereocenters. The number of hydrogen-bond acceptors (Lipinski definition) is 6. The minimum absolute atomic E-state index is 0.0647. The Hall–Kier alpha value is -1.28. The number of thioether (sulfide) groups is 1. The van der Waals surface area contributed by atoms with Crippen molar-refractivity contribution in [2.75, 3.05) is 18.8 Å². The van der Waals surface area contributed by atoms with Crippen molar-refractivity contribution >= 4 is 30.0 Å². The average molecular weight is 398 g/mol. The van der Waals surface area contributed by atoms with Crippen molar-refractivity contribution in [3.8, 4) is 0 Å². The number of rotatable bonds is 7. The first-order valence-corrected chi connectivity index (χ1v) is 11.1. The summed E-state index contributed by atoms with van der Waals surface area (Å²) in [5.41, 5.74) is 0. The summed E-state index contributed by atoms with van der Waals surface area (Å²) in [6.45, 7) is 4.98. The number of hydrogen-bond donors (Lipinski definition) is 1. The maximum atomic E-state index is 13.3. The second-order valence-electron chi connectivity index (χ2n) is 7.90. The molecule has 0 aromatic heterocycles. The van der Waals surface area contributed by atoms with Crippen LogP contribution in [0.3, 0.4) is 0 Å². The standard InChI is InChI=1S/C19H31N3O4S/c1-3-4-8-14(11-21(25)13-23)17-20-16-18(24)22-10-7-5-6-9-15(22)12-27-19(16,2)26-17/h13-16,25H,3-12H2,1-2H3/t14-,15?,16-,19?/m1/s1. The van der Waals surface area contributed by atoms with E-state index in [1.54, 1.807) is 11.8 Å². The van der Waals surface area contributed by atoms with E-state index in [0.29, 0.717) is 17.4 Å². The van der Waals surface area contributed by atoms with Gasteiger partial charge in [-0.05, 0) is 26.2 Å². The minimum Gasteiger partial charge on any atom is -0.461 e. The van der Waals surface area contributed by atoms with Crippen LogP contribution in [-0.4, -0.2) is 69.2 Å². The average Bonchev–Trinajstić information content (AvgIpc) is 2.80. The van der Waals surface area contributed by atoms with E-state index < -0.39 is 11.0 Å². The fraction of sp³-hybridized carbons (Fsp3) is 0.842. The van der Waals surface area contributed by atoms with Crippen molar-refractivity contribution in [2.45, 2.75) is 75.8 Å². The van der Waals surface area contributed by atoms with Gasteiger partial charge in [0.15, 0.2) is 16.9 Å². The Morgan fingerprint density at radius 3 is 3.04 bits per heavy atom. The summed E-state index contributed by atoms with van der Waals surface area (Å²) < 4.78 is 6.26. The summed E-state index contributed by atoms with van der Waals surface area (Å²) in [6.07, 6.45) is 7.54. The third kappa shape index (κ3) is 4.42. The quantitative estimate of drug-likeness (QED) is 0.406. The highest BCUT2D eigenvalue weighted by Gasteiger charge is 2.53. The van der Waals surface area contributed by atoms with Crippen molar-refractivity contribution in [1.82, 2.24) is 9.96 Å². The molecule has 3 rings (SSSR count). The highest BCUT2D eigenvalue weighted by atomic mass is 32.2. The molecule has 7 nitrogen and oxygen atoms in total. The van der Waals surface area contributed by atoms with E-state index in [0.717, 1.165) is 44.4 Å². The van der Waals surface area contributed by atoms with Crippen molar-refractivity contribution in [3.05, 3.63) is 0 Å². The van der Waals surface area contributed by atoms with Gasteiger partial charge in [-0.25, -0.2) is 10.1 Å². The summed E-state index contributed by atoms with van der Waals surface area (Å²) in [4.78, 5) is 30.2. The van der Waals surface area contributed by atoms with E-state index in [4.69, 9.17) is 9.73 Å². The molecule has 27 heavy (non-hydrogen) atoms. The van der Waals surface area contributed by atoms with Crippen LogP contribution in [0.2, 0.25) is 0 Å². The van der Waals surface area contributed by atoms with E-state index >= 15 is 0 Å². The Kier molecular flexibility index (Phi) is 6.68. The summed E-state index contributed by atoms with van der Waals surface area (Å²) >= 11 is 1.68. The lowest BCUT2D eigenvalue weighted by atomic mass is 10.0. The SMILES string of the molecule is CCCC[C@H](CN(O)C=O)C1=N[C@@H]2C(=O)N3CCCCCC3CSC2(C)O1. The normalized spacial score (nSPS) is 31.7. The lowest BCUT2D eigenvalue weighted by molar-refractivity contribution is -0.151. The zero-order valence-corrected chi connectivity index (χ0v) is 17.1. The molecule has 0 spiro atoms. The number of unbranched alkanes of at least 4 members (excludes halogenated alkanes) is 1. The fourth-order valence-electron chi connectivity index (χ4n) is 4.18. The molecule has 3 aliphatic heterocycles. The van der Waals surface area contributed by atoms with Gasteiger partial charge in [-0.1, -0.05) is 32.6 Å². The predicted molar refractivity (Wildman–Crippen MR) is 105 cm³/mol. The Balaban J connectivity index is 1.82. The summed E-state index contributed by atoms with van der Waals surface area (Å²) in [6, 6.07) is -0.276. The van der Waals surface area contributed by atoms with E-state index in [9.17, 15) is 14.8 Å². The first-order chi connectivity index (χ1) is 13.0. The van der Waals surface area contributed by atoms with Gasteiger partial charge in [0.05, 0.1) is 12.5 Å². The second-order valence-corrected chi connectivity index (χ2v) is 9.33. The maximum absolute atomic E-state index is 13.3. The Bertz CT molecular complexity index is 587. The lowest BCUT2D eigenvalue weighted by Gasteiger charge is -2.28. The molecular weight excluding hydrogens is 366 g/mol. The first-order valence-electron chi connectivity index (χ1n) is 10.1. The molecule has 3 heterocycles. The Morgan fingerprint density at radius 2 is 2.30 bits per heavy atom. The van der Waals surface area contributed by atoms with Crippen LogP contribution in [0.4, 0.5) is 0 Å². The number of carbonyl (C=O) groups is 2. The number of ether oxygens (including phenoxy) is 1. The summed E-state index contributed by atoms with van der Waals surface area (Å²) in [5.74, 6) is 1.24. The van der Waals surface area contributed by atoms with Crippen LogP contribution in [0.25, 0.3) is 0 Å². The smallest absolute Gasteiger partial charge is 0.252 e. The molecule has 0 radical (unpaired) electrons. The molecular formula is C19H31N3O4S. The zero-order valence-electron chi connectivity index (χ0n) is 16.3. The third-order valence-electron chi connectivity index (χ3n) is 5.80. The number of amides is 2. The van der Waals surface area contributed by atoms with Crippen LogP contribution in [0, 0.1) is 5.92 Å². The van der Waals surface area contributed by atoms with E-state index in [1.165, 1.54) is 12.8 Å². The number of fused-ring (bicyclic) bond motifs is 2. The summed E-state index contributed by atoms with van der Waals surface area (Å²) in [5, 5.41) is 10.3. The van der Waals surface area contributed by atoms with Crippen molar-refractivity contribution in [3.63, 3.8) is 0 Å². The highest BCUT2D eigenvalue weighted by Crippen LogP contribution is 2.43. The van der Waals surface area contributed by atoms with Crippen LogP contribution in [0.15, 0.2) is 4.99 Å². The molecule has 0 aromatic rings. The lowest BCUT2D eigenvalue weighted by Crippen LogP contribution is -2.47. The third-order valence-corrected chi connectivity index (χ3v) is 7.23. The molecule has 152 valence electrons. The van der Waals surface area contributed by atoms with Crippen LogP contribution in [0.5, 0.6) is 0 Å². The molecule has 2 amide bonds. The molecule has 1 N–H and O–H groups in total. The van der Waals surface area contributed by atoms with Gasteiger partial charge >= 0.3 is 0 Å². The van der Waals surface area contributed by atoms with Crippen LogP contribution >= 0.6 is 11.8 Å². The molecule has 8 heteroatoms. The van der Waals surface area contributed by atoms with E-state index in [-0.39, 0.29) is 24.4 Å². The van der Waals surface area contributed by atoms with Gasteiger partial charge in [0.2, 0.25) is 6.41 Å². The molecule has 0 aromatic carbocycles. The van der Waals surface area contributed by atoms with Crippen LogP contribution < -0.4 is 0 Å². The predicted octanol–water partition coefficient (Wildman–Crippen LogP) is 2.67. The molecule has 2 fully saturated rings. The first kappa shape index (κ1) is 20.5. The van der Waals surface area contributed by atoms with Crippen molar-refractivity contribution < 1.29 is 19.5 Å². The minimum atomic E-state index is -0.704. The number of nitrogens with zero attached hydrogens (tertiary/aromatic N) is 3. The second kappa shape index (κ2) is 8.82. The van der Waals surface area contributed by atoms with Crippen LogP contribution in [0.1, 0.15) is 58.8 Å². The van der Waals surface area contributed by atoms with Gasteiger partial charge in [-0.15, -0.1) is 11.8 Å². The molecule has 0 aliphatic carbocycles. The van der Waals surface area contributed by atoms with Crippen molar-refractivity contribution in [1.29, 1.82) is 0 Å². The van der Waals surface area contributed by atoms with Crippen LogP contribution in [-0.2, 0) is 14.3 Å². The maximum Gasteiger partial charge on any atom is 0.252 e. The van der Waals surface area contributed by atoms with E-state index in [2.05, 4.69) is 6.92 Å². The monoisotopic (exact) mass is 397 g/mol. The molecule has 3 aliphatic rings. The fourth-order valence-corrected chi connectivity index (χ4v) is 5.51. The summed E-state index contributed by atoms with van der Waals surface area (Å²) in [7, 11) is 0. The van der Waals surface area contributed by atoms with E-state index in [1.807, 2.05) is 11.8 Å². The number of carbonyl (C=O) groups excluding carboxylic acids is 2. The van der Waals surface area contributed by atoms with Gasteiger partial charge in [0.25, 0.3) is 5.91 Å². The Morgan fingerprint density at radius 1 is 1.48 bits per heavy atom. The Labute approximate surface area is 165 Å². The zero-order chi connectivity index (χ0) is 19.4. The molecule has 0 bridgehead atoms. The number of hydroxylamine groups is 2. The number of aliphatic imine (C=N–C) groups is 1. The van der Waals surface area contributed by atoms with Crippen molar-refractivity contribution in [2.24, 2.45) is 10.9 Å². The molecule has 2 saturated heterocycles. The van der Waals surface area contributed by atoms with Gasteiger partial charge < -0.3 is 9.64 Å². The topological polar surface area (TPSA) is 82.4 Å². The van der Waals surface area contributed by atoms with Gasteiger partial charge in [0, 0.05) is 18.3 Å². The van der Waals surface area contributed by atoms with Gasteiger partial charge in [-0.2, -0.15) is 0 Å². The highest BCUT2D eigenvalue weighted by molar-refractivity contribution is 8.00. The molecule has 4 atom stereocenters. The van der Waals surface area contributed by atoms with Gasteiger partial charge in [0.1, 0.15) is 0 Å². The largest absolute Gasteiger partial charge is 0.461 e.